The molecule has 0 spiro atoms. The van der Waals surface area contributed by atoms with Crippen LogP contribution in [0.4, 0.5) is 11.4 Å². The zero-order chi connectivity index (χ0) is 15.5. The van der Waals surface area contributed by atoms with E-state index >= 15 is 0 Å². The summed E-state index contributed by atoms with van der Waals surface area (Å²) in [4.78, 5) is 24.2. The normalized spacial score (nSPS) is 13.2. The summed E-state index contributed by atoms with van der Waals surface area (Å²) in [6, 6.07) is 7.94. The second kappa shape index (κ2) is 5.97. The minimum Gasteiger partial charge on any atom is -0.312 e. The molecule has 2 heterocycles. The molecule has 0 N–H and O–H groups in total. The van der Waals surface area contributed by atoms with Crippen molar-refractivity contribution in [1.29, 1.82) is 0 Å². The topological polar surface area (TPSA) is 81.3 Å². The van der Waals surface area contributed by atoms with Gasteiger partial charge in [0.2, 0.25) is 5.91 Å². The van der Waals surface area contributed by atoms with Gasteiger partial charge in [0, 0.05) is 25.2 Å². The molecule has 3 rings (SSSR count). The van der Waals surface area contributed by atoms with E-state index < -0.39 is 4.92 Å². The minimum atomic E-state index is -0.476. The van der Waals surface area contributed by atoms with Crippen LogP contribution in [0.5, 0.6) is 0 Å². The Morgan fingerprint density at radius 3 is 2.95 bits per heavy atom. The summed E-state index contributed by atoms with van der Waals surface area (Å²) in [5.74, 6) is 0.0894. The fraction of sp³-hybridized carbons (Fsp3) is 0.333. The highest BCUT2D eigenvalue weighted by Gasteiger charge is 2.23. The van der Waals surface area contributed by atoms with Gasteiger partial charge < -0.3 is 4.90 Å². The monoisotopic (exact) mass is 300 g/mol. The number of aromatic nitrogens is 2. The first kappa shape index (κ1) is 14.2. The van der Waals surface area contributed by atoms with Crippen molar-refractivity contribution in [3.63, 3.8) is 0 Å². The van der Waals surface area contributed by atoms with Crippen molar-refractivity contribution in [2.45, 2.75) is 25.8 Å². The lowest BCUT2D eigenvalue weighted by atomic mass is 10.2. The number of nitrogens with zero attached hydrogens (tertiary/aromatic N) is 4. The summed E-state index contributed by atoms with van der Waals surface area (Å²) in [6.45, 7) is 1.22. The van der Waals surface area contributed by atoms with Crippen LogP contribution in [-0.4, -0.2) is 27.2 Å². The Kier molecular flexibility index (Phi) is 3.86. The molecule has 2 aromatic rings. The largest absolute Gasteiger partial charge is 0.312 e. The number of anilines is 1. The molecule has 0 radical (unpaired) electrons. The lowest BCUT2D eigenvalue weighted by Crippen LogP contribution is -2.28. The number of carbonyl (C=O) groups excluding carboxylic acids is 1. The Morgan fingerprint density at radius 1 is 1.36 bits per heavy atom. The number of amides is 1. The maximum Gasteiger partial charge on any atom is 0.306 e. The van der Waals surface area contributed by atoms with E-state index in [0.717, 1.165) is 18.7 Å². The fourth-order valence-corrected chi connectivity index (χ4v) is 2.69. The summed E-state index contributed by atoms with van der Waals surface area (Å²) in [6.07, 6.45) is 4.51. The van der Waals surface area contributed by atoms with E-state index in [4.69, 9.17) is 0 Å². The highest BCUT2D eigenvalue weighted by molar-refractivity contribution is 5.95. The van der Waals surface area contributed by atoms with Crippen LogP contribution in [0.1, 0.15) is 18.4 Å². The van der Waals surface area contributed by atoms with Crippen LogP contribution in [0.3, 0.4) is 0 Å². The second-order valence-corrected chi connectivity index (χ2v) is 5.25. The summed E-state index contributed by atoms with van der Waals surface area (Å²) in [7, 11) is 0. The summed E-state index contributed by atoms with van der Waals surface area (Å²) < 4.78 is 1.50. The molecule has 0 fully saturated rings. The van der Waals surface area contributed by atoms with E-state index in [0.29, 0.717) is 19.4 Å². The third-order valence-electron chi connectivity index (χ3n) is 3.80. The number of fused-ring (bicyclic) bond motifs is 1. The van der Waals surface area contributed by atoms with Crippen molar-refractivity contribution in [3.05, 3.63) is 52.3 Å². The Hall–Kier alpha value is -2.70. The number of carbonyl (C=O) groups is 1. The molecule has 0 saturated heterocycles. The predicted molar refractivity (Wildman–Crippen MR) is 80.6 cm³/mol. The van der Waals surface area contributed by atoms with Gasteiger partial charge in [-0.25, -0.2) is 0 Å². The average Bonchev–Trinajstić information content (AvgIpc) is 3.13. The number of rotatable bonds is 5. The zero-order valence-corrected chi connectivity index (χ0v) is 12.0. The van der Waals surface area contributed by atoms with Gasteiger partial charge in [-0.1, -0.05) is 18.2 Å². The van der Waals surface area contributed by atoms with E-state index in [1.54, 1.807) is 0 Å². The first-order valence-electron chi connectivity index (χ1n) is 7.20. The van der Waals surface area contributed by atoms with Crippen LogP contribution in [0.25, 0.3) is 0 Å². The Balaban J connectivity index is 1.54. The highest BCUT2D eigenvalue weighted by Crippen LogP contribution is 2.28. The first-order valence-corrected chi connectivity index (χ1v) is 7.20. The van der Waals surface area contributed by atoms with E-state index in [-0.39, 0.29) is 11.6 Å². The molecular formula is C15H16N4O3. The van der Waals surface area contributed by atoms with Gasteiger partial charge >= 0.3 is 5.69 Å². The molecule has 7 heteroatoms. The Bertz CT molecular complexity index is 710. The van der Waals surface area contributed by atoms with Gasteiger partial charge in [0.15, 0.2) is 0 Å². The van der Waals surface area contributed by atoms with Gasteiger partial charge in [0.1, 0.15) is 12.4 Å². The highest BCUT2D eigenvalue weighted by atomic mass is 16.6. The van der Waals surface area contributed by atoms with Gasteiger partial charge in [-0.15, -0.1) is 0 Å². The fourth-order valence-electron chi connectivity index (χ4n) is 2.69. The SMILES string of the molecule is O=C(CCCn1cc([N+](=O)[O-])cn1)N1CCc2ccccc21. The smallest absolute Gasteiger partial charge is 0.306 e. The number of hydrogen-bond acceptors (Lipinski definition) is 4. The van der Waals surface area contributed by atoms with Gasteiger partial charge in [-0.2, -0.15) is 5.10 Å². The third-order valence-corrected chi connectivity index (χ3v) is 3.80. The van der Waals surface area contributed by atoms with Crippen LogP contribution >= 0.6 is 0 Å². The molecular weight excluding hydrogens is 284 g/mol. The molecule has 1 aromatic heterocycles. The van der Waals surface area contributed by atoms with Crippen LogP contribution in [0.15, 0.2) is 36.7 Å². The lowest BCUT2D eigenvalue weighted by Gasteiger charge is -2.17. The first-order chi connectivity index (χ1) is 10.6. The minimum absolute atomic E-state index is 0.0280. The molecule has 1 amide bonds. The van der Waals surface area contributed by atoms with Crippen molar-refractivity contribution < 1.29 is 9.72 Å². The molecule has 0 aliphatic carbocycles. The van der Waals surface area contributed by atoms with Gasteiger partial charge in [0.25, 0.3) is 0 Å². The summed E-state index contributed by atoms with van der Waals surface area (Å²) >= 11 is 0. The van der Waals surface area contributed by atoms with Crippen molar-refractivity contribution in [1.82, 2.24) is 9.78 Å². The number of aryl methyl sites for hydroxylation is 1. The van der Waals surface area contributed by atoms with Crippen molar-refractivity contribution >= 4 is 17.3 Å². The van der Waals surface area contributed by atoms with E-state index in [2.05, 4.69) is 5.10 Å². The van der Waals surface area contributed by atoms with Crippen LogP contribution in [0, 0.1) is 10.1 Å². The van der Waals surface area contributed by atoms with Crippen LogP contribution < -0.4 is 4.90 Å². The van der Waals surface area contributed by atoms with Crippen molar-refractivity contribution in [2.24, 2.45) is 0 Å². The van der Waals surface area contributed by atoms with Gasteiger partial charge in [0.05, 0.1) is 4.92 Å². The van der Waals surface area contributed by atoms with E-state index in [1.807, 2.05) is 29.2 Å². The second-order valence-electron chi connectivity index (χ2n) is 5.25. The molecule has 0 atom stereocenters. The molecule has 0 unspecified atom stereocenters. The molecule has 7 nitrogen and oxygen atoms in total. The van der Waals surface area contributed by atoms with Crippen molar-refractivity contribution in [3.8, 4) is 0 Å². The predicted octanol–water partition coefficient (Wildman–Crippen LogP) is 2.16. The third kappa shape index (κ3) is 2.83. The van der Waals surface area contributed by atoms with Crippen LogP contribution in [-0.2, 0) is 17.8 Å². The Labute approximate surface area is 127 Å². The maximum absolute atomic E-state index is 12.3. The molecule has 1 aromatic carbocycles. The Morgan fingerprint density at radius 2 is 2.18 bits per heavy atom. The zero-order valence-electron chi connectivity index (χ0n) is 12.0. The summed E-state index contributed by atoms with van der Waals surface area (Å²) in [5, 5.41) is 14.5. The molecule has 0 saturated carbocycles. The van der Waals surface area contributed by atoms with Gasteiger partial charge in [-0.05, 0) is 24.5 Å². The molecule has 22 heavy (non-hydrogen) atoms. The average molecular weight is 300 g/mol. The standard InChI is InChI=1S/C15H16N4O3/c20-15(18-9-7-12-4-1-2-5-14(12)18)6-3-8-17-11-13(10-16-17)19(21)22/h1-2,4-5,10-11H,3,6-9H2. The van der Waals surface area contributed by atoms with Crippen LogP contribution in [0.2, 0.25) is 0 Å². The summed E-state index contributed by atoms with van der Waals surface area (Å²) in [5.41, 5.74) is 2.18. The quantitative estimate of drug-likeness (QED) is 0.626. The molecule has 114 valence electrons. The molecule has 1 aliphatic heterocycles. The maximum atomic E-state index is 12.3. The lowest BCUT2D eigenvalue weighted by molar-refractivity contribution is -0.385. The molecule has 1 aliphatic rings. The van der Waals surface area contributed by atoms with Gasteiger partial charge in [-0.3, -0.25) is 19.6 Å². The number of para-hydroxylation sites is 1. The number of hydrogen-bond donors (Lipinski definition) is 0. The number of benzene rings is 1. The number of nitro groups is 1. The van der Waals surface area contributed by atoms with E-state index in [1.165, 1.54) is 22.6 Å². The van der Waals surface area contributed by atoms with E-state index in [9.17, 15) is 14.9 Å². The van der Waals surface area contributed by atoms with Crippen molar-refractivity contribution in [2.75, 3.05) is 11.4 Å². The molecule has 0 bridgehead atoms.